The Bertz CT molecular complexity index is 1160. The van der Waals surface area contributed by atoms with Crippen LogP contribution in [0.2, 0.25) is 0 Å². The lowest BCUT2D eigenvalue weighted by molar-refractivity contribution is -0.142. The molecule has 3 rings (SSSR count). The van der Waals surface area contributed by atoms with E-state index in [9.17, 15) is 9.59 Å². The van der Waals surface area contributed by atoms with Crippen LogP contribution in [0.4, 0.5) is 0 Å². The summed E-state index contributed by atoms with van der Waals surface area (Å²) < 4.78 is 6.75. The summed E-state index contributed by atoms with van der Waals surface area (Å²) in [5.41, 5.74) is 4.27. The van der Waals surface area contributed by atoms with Crippen molar-refractivity contribution in [2.75, 3.05) is 13.2 Å². The van der Waals surface area contributed by atoms with Crippen molar-refractivity contribution in [3.8, 4) is 5.75 Å². The average molecular weight is 566 g/mol. The highest BCUT2D eigenvalue weighted by Crippen LogP contribution is 2.26. The van der Waals surface area contributed by atoms with Crippen LogP contribution in [0.5, 0.6) is 5.75 Å². The first-order valence-corrected chi connectivity index (χ1v) is 13.6. The van der Waals surface area contributed by atoms with Gasteiger partial charge in [0.1, 0.15) is 11.8 Å². The van der Waals surface area contributed by atoms with Gasteiger partial charge in [0.05, 0.1) is 4.47 Å². The SMILES string of the molecule is CCc1ccc(OCC(=O)N(Cc2ccc(C)cc2)[C@@H](Cc2ccccc2)C(=O)NCC(C)C)c(Br)c1. The average Bonchev–Trinajstić information content (AvgIpc) is 2.90. The molecule has 3 aromatic carbocycles. The number of ether oxygens (including phenoxy) is 1. The lowest BCUT2D eigenvalue weighted by Crippen LogP contribution is -2.52. The molecular formula is C31H37BrN2O3. The predicted octanol–water partition coefficient (Wildman–Crippen LogP) is 6.11. The first kappa shape index (κ1) is 28.5. The molecule has 2 amide bonds. The molecule has 0 spiro atoms. The molecule has 37 heavy (non-hydrogen) atoms. The van der Waals surface area contributed by atoms with E-state index in [1.54, 1.807) is 4.90 Å². The van der Waals surface area contributed by atoms with E-state index in [1.807, 2.05) is 79.7 Å². The van der Waals surface area contributed by atoms with E-state index in [2.05, 4.69) is 42.0 Å². The number of nitrogens with zero attached hydrogens (tertiary/aromatic N) is 1. The summed E-state index contributed by atoms with van der Waals surface area (Å²) in [4.78, 5) is 28.8. The first-order valence-electron chi connectivity index (χ1n) is 12.8. The van der Waals surface area contributed by atoms with Crippen LogP contribution in [0.1, 0.15) is 43.0 Å². The fourth-order valence-corrected chi connectivity index (χ4v) is 4.51. The van der Waals surface area contributed by atoms with Gasteiger partial charge in [0.2, 0.25) is 5.91 Å². The molecule has 0 unspecified atom stereocenters. The van der Waals surface area contributed by atoms with E-state index >= 15 is 0 Å². The van der Waals surface area contributed by atoms with E-state index in [1.165, 1.54) is 5.56 Å². The molecule has 3 aromatic rings. The number of amides is 2. The zero-order valence-electron chi connectivity index (χ0n) is 22.2. The first-order chi connectivity index (χ1) is 17.8. The maximum atomic E-state index is 13.7. The zero-order valence-corrected chi connectivity index (χ0v) is 23.8. The van der Waals surface area contributed by atoms with Crippen molar-refractivity contribution < 1.29 is 14.3 Å². The molecule has 0 aliphatic rings. The van der Waals surface area contributed by atoms with Gasteiger partial charge in [-0.25, -0.2) is 0 Å². The van der Waals surface area contributed by atoms with Gasteiger partial charge in [0, 0.05) is 19.5 Å². The molecule has 0 aliphatic carbocycles. The summed E-state index contributed by atoms with van der Waals surface area (Å²) in [6.07, 6.45) is 1.33. The van der Waals surface area contributed by atoms with E-state index in [4.69, 9.17) is 4.74 Å². The molecule has 0 bridgehead atoms. The van der Waals surface area contributed by atoms with Crippen molar-refractivity contribution in [1.82, 2.24) is 10.2 Å². The third kappa shape index (κ3) is 8.74. The zero-order chi connectivity index (χ0) is 26.8. The maximum Gasteiger partial charge on any atom is 0.261 e. The topological polar surface area (TPSA) is 58.6 Å². The van der Waals surface area contributed by atoms with Crippen LogP contribution < -0.4 is 10.1 Å². The molecule has 1 atom stereocenters. The standard InChI is InChI=1S/C31H37BrN2O3/c1-5-24-15-16-29(27(32)17-24)37-21-30(35)34(20-26-13-11-23(4)12-14-26)28(31(36)33-19-22(2)3)18-25-9-7-6-8-10-25/h6-17,22,28H,5,18-21H2,1-4H3,(H,33,36)/t28-/m0/s1. The molecule has 0 saturated carbocycles. The Morgan fingerprint density at radius 3 is 2.24 bits per heavy atom. The van der Waals surface area contributed by atoms with Crippen molar-refractivity contribution in [1.29, 1.82) is 0 Å². The Labute approximate surface area is 229 Å². The lowest BCUT2D eigenvalue weighted by Gasteiger charge is -2.32. The molecule has 0 radical (unpaired) electrons. The quantitative estimate of drug-likeness (QED) is 0.288. The van der Waals surface area contributed by atoms with Crippen molar-refractivity contribution >= 4 is 27.7 Å². The molecule has 6 heteroatoms. The fraction of sp³-hybridized carbons (Fsp3) is 0.355. The summed E-state index contributed by atoms with van der Waals surface area (Å²) in [7, 11) is 0. The van der Waals surface area contributed by atoms with Crippen LogP contribution >= 0.6 is 15.9 Å². The summed E-state index contributed by atoms with van der Waals surface area (Å²) in [6, 6.07) is 23.1. The number of carbonyl (C=O) groups is 2. The van der Waals surface area contributed by atoms with Gasteiger partial charge < -0.3 is 15.0 Å². The molecule has 1 N–H and O–H groups in total. The molecule has 0 aromatic heterocycles. The molecule has 0 fully saturated rings. The van der Waals surface area contributed by atoms with Crippen LogP contribution in [0, 0.1) is 12.8 Å². The molecule has 0 heterocycles. The smallest absolute Gasteiger partial charge is 0.261 e. The van der Waals surface area contributed by atoms with Crippen LogP contribution in [0.15, 0.2) is 77.3 Å². The van der Waals surface area contributed by atoms with Crippen LogP contribution in [-0.2, 0) is 29.0 Å². The number of halogens is 1. The van der Waals surface area contributed by atoms with Crippen molar-refractivity contribution in [2.45, 2.75) is 53.1 Å². The summed E-state index contributed by atoms with van der Waals surface area (Å²) >= 11 is 3.55. The van der Waals surface area contributed by atoms with Crippen LogP contribution in [0.3, 0.4) is 0 Å². The van der Waals surface area contributed by atoms with Gasteiger partial charge in [-0.3, -0.25) is 9.59 Å². The van der Waals surface area contributed by atoms with Crippen molar-refractivity contribution in [3.63, 3.8) is 0 Å². The predicted molar refractivity (Wildman–Crippen MR) is 153 cm³/mol. The third-order valence-electron chi connectivity index (χ3n) is 6.18. The second kappa shape index (κ2) is 14.0. The summed E-state index contributed by atoms with van der Waals surface area (Å²) in [5.74, 6) is 0.498. The number of carbonyl (C=O) groups excluding carboxylic acids is 2. The number of hydrogen-bond donors (Lipinski definition) is 1. The van der Waals surface area contributed by atoms with Crippen LogP contribution in [-0.4, -0.2) is 35.9 Å². The van der Waals surface area contributed by atoms with Gasteiger partial charge in [-0.1, -0.05) is 87.0 Å². The minimum Gasteiger partial charge on any atom is -0.483 e. The highest BCUT2D eigenvalue weighted by Gasteiger charge is 2.30. The molecule has 196 valence electrons. The van der Waals surface area contributed by atoms with Gasteiger partial charge in [-0.15, -0.1) is 0 Å². The Balaban J connectivity index is 1.89. The Morgan fingerprint density at radius 1 is 0.946 bits per heavy atom. The fourth-order valence-electron chi connectivity index (χ4n) is 3.97. The molecule has 0 aliphatic heterocycles. The third-order valence-corrected chi connectivity index (χ3v) is 6.80. The second-order valence-electron chi connectivity index (χ2n) is 9.76. The number of rotatable bonds is 12. The Hall–Kier alpha value is -3.12. The van der Waals surface area contributed by atoms with E-state index in [0.29, 0.717) is 31.2 Å². The molecule has 5 nitrogen and oxygen atoms in total. The normalized spacial score (nSPS) is 11.7. The van der Waals surface area contributed by atoms with E-state index < -0.39 is 6.04 Å². The van der Waals surface area contributed by atoms with E-state index in [0.717, 1.165) is 27.6 Å². The van der Waals surface area contributed by atoms with Gasteiger partial charge >= 0.3 is 0 Å². The monoisotopic (exact) mass is 564 g/mol. The molecular weight excluding hydrogens is 528 g/mol. The summed E-state index contributed by atoms with van der Waals surface area (Å²) in [5, 5.41) is 3.05. The number of nitrogens with one attached hydrogen (secondary N) is 1. The minimum atomic E-state index is -0.676. The van der Waals surface area contributed by atoms with Crippen molar-refractivity contribution in [2.24, 2.45) is 5.92 Å². The second-order valence-corrected chi connectivity index (χ2v) is 10.6. The van der Waals surface area contributed by atoms with Gasteiger partial charge in [-0.05, 0) is 64.0 Å². The minimum absolute atomic E-state index is 0.161. The largest absolute Gasteiger partial charge is 0.483 e. The number of hydrogen-bond acceptors (Lipinski definition) is 3. The number of benzene rings is 3. The Kier molecular flexibility index (Phi) is 10.8. The van der Waals surface area contributed by atoms with Crippen LogP contribution in [0.25, 0.3) is 0 Å². The molecule has 0 saturated heterocycles. The van der Waals surface area contributed by atoms with E-state index in [-0.39, 0.29) is 18.4 Å². The lowest BCUT2D eigenvalue weighted by atomic mass is 10.0. The highest BCUT2D eigenvalue weighted by molar-refractivity contribution is 9.10. The van der Waals surface area contributed by atoms with Gasteiger partial charge in [0.25, 0.3) is 5.91 Å². The highest BCUT2D eigenvalue weighted by atomic mass is 79.9. The maximum absolute atomic E-state index is 13.7. The van der Waals surface area contributed by atoms with Crippen molar-refractivity contribution in [3.05, 3.63) is 99.5 Å². The number of aryl methyl sites for hydroxylation is 2. The van der Waals surface area contributed by atoms with Gasteiger partial charge in [0.15, 0.2) is 6.61 Å². The summed E-state index contributed by atoms with van der Waals surface area (Å²) in [6.45, 7) is 8.91. The van der Waals surface area contributed by atoms with Gasteiger partial charge in [-0.2, -0.15) is 0 Å². The Morgan fingerprint density at radius 2 is 1.62 bits per heavy atom.